The smallest absolute Gasteiger partial charge is 0.336 e. The number of ether oxygens (including phenoxy) is 1. The number of benzene rings is 2. The standard InChI is InChI=1S/C31H46FNO5Si2/c1-29(2,3)39(8,9)37-25-18-17-23(21-26(25)38-40(10,11)30(4,5)6)22-31(19-20-32,28(35)36-7)33-27(34)24-15-13-12-14-16-24/h12-21H,22H2,1-11H3,(H,33,34)/b20-19-/t31-/m1/s1. The van der Waals surface area contributed by atoms with Crippen LogP contribution in [0.15, 0.2) is 60.9 Å². The molecular formula is C31H46FNO5Si2. The molecule has 1 N–H and O–H groups in total. The number of hydrogen-bond acceptors (Lipinski definition) is 5. The fraction of sp³-hybridized carbons (Fsp3) is 0.484. The topological polar surface area (TPSA) is 73.9 Å². The van der Waals surface area contributed by atoms with Crippen molar-refractivity contribution in [3.63, 3.8) is 0 Å². The Bertz CT molecular complexity index is 1220. The summed E-state index contributed by atoms with van der Waals surface area (Å²) in [6.45, 7) is 21.6. The first-order valence-electron chi connectivity index (χ1n) is 13.5. The maximum Gasteiger partial charge on any atom is 0.336 e. The summed E-state index contributed by atoms with van der Waals surface area (Å²) in [4.78, 5) is 26.2. The van der Waals surface area contributed by atoms with E-state index in [2.05, 4.69) is 73.0 Å². The fourth-order valence-electron chi connectivity index (χ4n) is 3.49. The zero-order chi connectivity index (χ0) is 30.6. The van der Waals surface area contributed by atoms with Gasteiger partial charge in [-0.2, -0.15) is 0 Å². The number of halogens is 1. The van der Waals surface area contributed by atoms with Gasteiger partial charge in [0, 0.05) is 12.0 Å². The van der Waals surface area contributed by atoms with Gasteiger partial charge in [-0.25, -0.2) is 9.18 Å². The fourth-order valence-corrected chi connectivity index (χ4v) is 5.53. The number of rotatable bonds is 10. The predicted molar refractivity (Wildman–Crippen MR) is 165 cm³/mol. The maximum absolute atomic E-state index is 13.8. The van der Waals surface area contributed by atoms with Crippen molar-refractivity contribution < 1.29 is 27.6 Å². The van der Waals surface area contributed by atoms with Gasteiger partial charge >= 0.3 is 5.97 Å². The first-order chi connectivity index (χ1) is 18.3. The average Bonchev–Trinajstić information content (AvgIpc) is 2.84. The normalized spacial score (nSPS) is 14.4. The number of hydrogen-bond donors (Lipinski definition) is 1. The summed E-state index contributed by atoms with van der Waals surface area (Å²) in [7, 11) is -3.30. The molecule has 1 atom stereocenters. The van der Waals surface area contributed by atoms with E-state index in [1.807, 2.05) is 18.2 Å². The molecule has 0 aliphatic rings. The third-order valence-corrected chi connectivity index (χ3v) is 16.8. The van der Waals surface area contributed by atoms with Crippen molar-refractivity contribution >= 4 is 28.5 Å². The highest BCUT2D eigenvalue weighted by molar-refractivity contribution is 6.75. The van der Waals surface area contributed by atoms with Crippen LogP contribution < -0.4 is 14.2 Å². The predicted octanol–water partition coefficient (Wildman–Crippen LogP) is 7.82. The van der Waals surface area contributed by atoms with E-state index in [1.54, 1.807) is 30.3 Å². The molecule has 0 aliphatic heterocycles. The number of carbonyl (C=O) groups is 2. The van der Waals surface area contributed by atoms with Crippen molar-refractivity contribution in [1.82, 2.24) is 5.32 Å². The van der Waals surface area contributed by atoms with Crippen LogP contribution in [0.3, 0.4) is 0 Å². The van der Waals surface area contributed by atoms with Crippen molar-refractivity contribution in [2.75, 3.05) is 7.11 Å². The second kappa shape index (κ2) is 12.3. The Hall–Kier alpha value is -2.92. The summed E-state index contributed by atoms with van der Waals surface area (Å²) in [5.74, 6) is -0.108. The Balaban J connectivity index is 2.63. The summed E-state index contributed by atoms with van der Waals surface area (Å²) >= 11 is 0. The number of nitrogens with one attached hydrogen (secondary N) is 1. The summed E-state index contributed by atoms with van der Waals surface area (Å²) in [6, 6.07) is 13.9. The monoisotopic (exact) mass is 587 g/mol. The summed E-state index contributed by atoms with van der Waals surface area (Å²) in [5.41, 5.74) is -0.803. The van der Waals surface area contributed by atoms with Crippen molar-refractivity contribution in [2.45, 2.75) is 89.8 Å². The molecule has 0 radical (unpaired) electrons. The molecule has 6 nitrogen and oxygen atoms in total. The Morgan fingerprint density at radius 3 is 1.85 bits per heavy atom. The molecule has 0 spiro atoms. The van der Waals surface area contributed by atoms with Crippen LogP contribution in [0, 0.1) is 0 Å². The van der Waals surface area contributed by atoms with Gasteiger partial charge in [0.2, 0.25) is 0 Å². The third kappa shape index (κ3) is 7.84. The molecule has 0 bridgehead atoms. The van der Waals surface area contributed by atoms with Gasteiger partial charge in [-0.3, -0.25) is 4.79 Å². The van der Waals surface area contributed by atoms with Crippen molar-refractivity contribution in [1.29, 1.82) is 0 Å². The molecule has 40 heavy (non-hydrogen) atoms. The second-order valence-electron chi connectivity index (χ2n) is 13.3. The molecule has 0 fully saturated rings. The van der Waals surface area contributed by atoms with E-state index in [-0.39, 0.29) is 22.8 Å². The lowest BCUT2D eigenvalue weighted by Gasteiger charge is -2.40. The van der Waals surface area contributed by atoms with Gasteiger partial charge < -0.3 is 18.9 Å². The Morgan fingerprint density at radius 1 is 0.850 bits per heavy atom. The van der Waals surface area contributed by atoms with Crippen LogP contribution >= 0.6 is 0 Å². The molecule has 0 saturated carbocycles. The molecular weight excluding hydrogens is 542 g/mol. The van der Waals surface area contributed by atoms with Crippen LogP contribution in [0.25, 0.3) is 0 Å². The number of carbonyl (C=O) groups excluding carboxylic acids is 2. The third-order valence-electron chi connectivity index (χ3n) is 8.10. The van der Waals surface area contributed by atoms with Gasteiger partial charge in [0.05, 0.1) is 13.4 Å². The first-order valence-corrected chi connectivity index (χ1v) is 19.3. The number of amides is 1. The zero-order valence-electron chi connectivity index (χ0n) is 25.9. The zero-order valence-corrected chi connectivity index (χ0v) is 27.9. The van der Waals surface area contributed by atoms with Crippen LogP contribution in [0.4, 0.5) is 4.39 Å². The van der Waals surface area contributed by atoms with E-state index in [9.17, 15) is 14.0 Å². The number of esters is 1. The Labute approximate surface area is 241 Å². The molecule has 2 rings (SSSR count). The molecule has 2 aromatic carbocycles. The molecule has 0 aromatic heterocycles. The van der Waals surface area contributed by atoms with Crippen LogP contribution in [0.1, 0.15) is 57.5 Å². The molecule has 0 heterocycles. The molecule has 0 unspecified atom stereocenters. The first kappa shape index (κ1) is 33.3. The van der Waals surface area contributed by atoms with Gasteiger partial charge in [-0.15, -0.1) is 0 Å². The number of methoxy groups -OCH3 is 1. The molecule has 220 valence electrons. The highest BCUT2D eigenvalue weighted by Gasteiger charge is 2.43. The van der Waals surface area contributed by atoms with Gasteiger partial charge in [0.25, 0.3) is 22.5 Å². The van der Waals surface area contributed by atoms with Crippen molar-refractivity contribution in [3.05, 3.63) is 72.1 Å². The Morgan fingerprint density at radius 2 is 1.38 bits per heavy atom. The van der Waals surface area contributed by atoms with E-state index < -0.39 is 34.1 Å². The van der Waals surface area contributed by atoms with Crippen molar-refractivity contribution in [2.24, 2.45) is 0 Å². The molecule has 0 saturated heterocycles. The minimum Gasteiger partial charge on any atom is -0.541 e. The summed E-state index contributed by atoms with van der Waals surface area (Å²) < 4.78 is 32.2. The second-order valence-corrected chi connectivity index (χ2v) is 22.7. The lowest BCUT2D eigenvalue weighted by atomic mass is 9.90. The van der Waals surface area contributed by atoms with Crippen LogP contribution in [-0.4, -0.2) is 41.2 Å². The van der Waals surface area contributed by atoms with E-state index >= 15 is 0 Å². The summed E-state index contributed by atoms with van der Waals surface area (Å²) in [6.07, 6.45) is 1.21. The van der Waals surface area contributed by atoms with Gasteiger partial charge in [0.1, 0.15) is 11.5 Å². The van der Waals surface area contributed by atoms with E-state index in [0.29, 0.717) is 22.6 Å². The molecule has 1 amide bonds. The minimum absolute atomic E-state index is 0.0341. The highest BCUT2D eigenvalue weighted by Crippen LogP contribution is 2.44. The molecule has 9 heteroatoms. The largest absolute Gasteiger partial charge is 0.541 e. The van der Waals surface area contributed by atoms with Crippen LogP contribution in [0.5, 0.6) is 11.5 Å². The van der Waals surface area contributed by atoms with Crippen molar-refractivity contribution in [3.8, 4) is 11.5 Å². The van der Waals surface area contributed by atoms with Crippen LogP contribution in [-0.2, 0) is 16.0 Å². The lowest BCUT2D eigenvalue weighted by Crippen LogP contribution is -2.55. The SMILES string of the molecule is COC(=O)[C@@](/C=C\F)(Cc1ccc(O[Si](C)(C)C(C)(C)C)c(O[Si](C)(C)C(C)(C)C)c1)NC(=O)c1ccccc1. The lowest BCUT2D eigenvalue weighted by molar-refractivity contribution is -0.146. The van der Waals surface area contributed by atoms with Gasteiger partial charge in [-0.05, 0) is 72.2 Å². The quantitative estimate of drug-likeness (QED) is 0.227. The van der Waals surface area contributed by atoms with Gasteiger partial charge in [0.15, 0.2) is 5.54 Å². The molecule has 0 aliphatic carbocycles. The summed E-state index contributed by atoms with van der Waals surface area (Å²) in [5, 5.41) is 2.60. The van der Waals surface area contributed by atoms with Gasteiger partial charge in [-0.1, -0.05) is 65.8 Å². The van der Waals surface area contributed by atoms with Crippen LogP contribution in [0.2, 0.25) is 36.3 Å². The molecule has 2 aromatic rings. The van der Waals surface area contributed by atoms with E-state index in [4.69, 9.17) is 13.6 Å². The maximum atomic E-state index is 13.8. The highest BCUT2D eigenvalue weighted by atomic mass is 28.4. The average molecular weight is 588 g/mol. The van der Waals surface area contributed by atoms with E-state index in [1.165, 1.54) is 7.11 Å². The Kier molecular flexibility index (Phi) is 10.2. The minimum atomic E-state index is -2.29. The van der Waals surface area contributed by atoms with E-state index in [0.717, 1.165) is 6.08 Å².